The molecular formula is C15H15NOS. The molecule has 0 unspecified atom stereocenters. The summed E-state index contributed by atoms with van der Waals surface area (Å²) in [5, 5.41) is 12.5. The Morgan fingerprint density at radius 1 is 1.28 bits per heavy atom. The van der Waals surface area contributed by atoms with Crippen LogP contribution in [0.2, 0.25) is 0 Å². The van der Waals surface area contributed by atoms with Crippen molar-refractivity contribution in [3.8, 4) is 23.1 Å². The first-order chi connectivity index (χ1) is 8.54. The average Bonchev–Trinajstić information content (AvgIpc) is 2.77. The van der Waals surface area contributed by atoms with Crippen LogP contribution in [0.4, 0.5) is 0 Å². The van der Waals surface area contributed by atoms with E-state index in [0.717, 1.165) is 16.3 Å². The topological polar surface area (TPSA) is 33.1 Å². The fraction of sp³-hybridized carbons (Fsp3) is 0.267. The van der Waals surface area contributed by atoms with Gasteiger partial charge in [0.25, 0.3) is 0 Å². The van der Waals surface area contributed by atoms with E-state index in [1.165, 1.54) is 0 Å². The van der Waals surface area contributed by atoms with Crippen LogP contribution in [-0.2, 0) is 6.42 Å². The minimum atomic E-state index is -0.931. The minimum absolute atomic E-state index is 0.585. The van der Waals surface area contributed by atoms with Crippen molar-refractivity contribution in [3.63, 3.8) is 0 Å². The molecule has 0 saturated heterocycles. The van der Waals surface area contributed by atoms with Gasteiger partial charge in [-0.1, -0.05) is 42.2 Å². The molecule has 0 atom stereocenters. The molecule has 1 heterocycles. The number of benzene rings is 1. The maximum absolute atomic E-state index is 9.49. The highest BCUT2D eigenvalue weighted by Crippen LogP contribution is 2.21. The Morgan fingerprint density at radius 3 is 2.67 bits per heavy atom. The Balaban J connectivity index is 2.09. The molecule has 0 aliphatic carbocycles. The van der Waals surface area contributed by atoms with E-state index in [4.69, 9.17) is 0 Å². The summed E-state index contributed by atoms with van der Waals surface area (Å²) in [5.41, 5.74) is 1.18. The molecule has 0 aliphatic rings. The number of nitrogens with zero attached hydrogens (tertiary/aromatic N) is 1. The fourth-order valence-electron chi connectivity index (χ4n) is 1.47. The van der Waals surface area contributed by atoms with Gasteiger partial charge in [0, 0.05) is 10.9 Å². The third-order valence-corrected chi connectivity index (χ3v) is 3.10. The van der Waals surface area contributed by atoms with Crippen LogP contribution < -0.4 is 0 Å². The van der Waals surface area contributed by atoms with Gasteiger partial charge in [-0.25, -0.2) is 4.98 Å². The van der Waals surface area contributed by atoms with Crippen molar-refractivity contribution in [2.75, 3.05) is 0 Å². The van der Waals surface area contributed by atoms with Crippen molar-refractivity contribution in [2.45, 2.75) is 25.9 Å². The maximum Gasteiger partial charge on any atom is 0.119 e. The first kappa shape index (κ1) is 12.8. The molecule has 0 spiro atoms. The summed E-state index contributed by atoms with van der Waals surface area (Å²) in [6.45, 7) is 3.36. The molecule has 92 valence electrons. The minimum Gasteiger partial charge on any atom is -0.378 e. The van der Waals surface area contributed by atoms with Gasteiger partial charge in [0.2, 0.25) is 0 Å². The SMILES string of the molecule is CC(C)(O)C#CCc1nc(-c2ccccc2)cs1. The molecule has 0 aliphatic heterocycles. The van der Waals surface area contributed by atoms with Crippen LogP contribution in [0.3, 0.4) is 0 Å². The van der Waals surface area contributed by atoms with Gasteiger partial charge in [-0.3, -0.25) is 0 Å². The molecule has 3 heteroatoms. The van der Waals surface area contributed by atoms with Crippen molar-refractivity contribution >= 4 is 11.3 Å². The van der Waals surface area contributed by atoms with Crippen LogP contribution in [0.1, 0.15) is 18.9 Å². The maximum atomic E-state index is 9.49. The lowest BCUT2D eigenvalue weighted by atomic mass is 10.1. The molecule has 2 nitrogen and oxygen atoms in total. The molecule has 18 heavy (non-hydrogen) atoms. The molecule has 0 radical (unpaired) electrons. The van der Waals surface area contributed by atoms with Gasteiger partial charge in [-0.05, 0) is 13.8 Å². The van der Waals surface area contributed by atoms with Crippen molar-refractivity contribution in [3.05, 3.63) is 40.7 Å². The van der Waals surface area contributed by atoms with Gasteiger partial charge in [-0.2, -0.15) is 0 Å². The second-order valence-corrected chi connectivity index (χ2v) is 5.47. The van der Waals surface area contributed by atoms with Gasteiger partial charge in [-0.15, -0.1) is 11.3 Å². The van der Waals surface area contributed by atoms with Gasteiger partial charge >= 0.3 is 0 Å². The van der Waals surface area contributed by atoms with Gasteiger partial charge in [0.1, 0.15) is 10.6 Å². The predicted octanol–water partition coefficient (Wildman–Crippen LogP) is 3.13. The van der Waals surface area contributed by atoms with Crippen molar-refractivity contribution < 1.29 is 5.11 Å². The Kier molecular flexibility index (Phi) is 3.81. The monoisotopic (exact) mass is 257 g/mol. The number of hydrogen-bond donors (Lipinski definition) is 1. The van der Waals surface area contributed by atoms with Gasteiger partial charge in [0.15, 0.2) is 0 Å². The molecule has 1 aromatic heterocycles. The zero-order valence-electron chi connectivity index (χ0n) is 10.5. The summed E-state index contributed by atoms with van der Waals surface area (Å²) < 4.78 is 0. The molecule has 0 amide bonds. The van der Waals surface area contributed by atoms with E-state index in [2.05, 4.69) is 16.8 Å². The van der Waals surface area contributed by atoms with Crippen LogP contribution in [0, 0.1) is 11.8 Å². The summed E-state index contributed by atoms with van der Waals surface area (Å²) in [5.74, 6) is 5.75. The van der Waals surface area contributed by atoms with Crippen LogP contribution in [0.25, 0.3) is 11.3 Å². The Bertz CT molecular complexity index is 570. The number of aliphatic hydroxyl groups is 1. The summed E-state index contributed by atoms with van der Waals surface area (Å²) >= 11 is 1.60. The first-order valence-electron chi connectivity index (χ1n) is 5.77. The van der Waals surface area contributed by atoms with Crippen molar-refractivity contribution in [1.29, 1.82) is 0 Å². The third-order valence-electron chi connectivity index (χ3n) is 2.26. The van der Waals surface area contributed by atoms with Crippen LogP contribution in [-0.4, -0.2) is 15.7 Å². The summed E-state index contributed by atoms with van der Waals surface area (Å²) in [7, 11) is 0. The van der Waals surface area contributed by atoms with E-state index in [-0.39, 0.29) is 0 Å². The summed E-state index contributed by atoms with van der Waals surface area (Å²) in [6, 6.07) is 10.1. The second kappa shape index (κ2) is 5.34. The van der Waals surface area contributed by atoms with Crippen molar-refractivity contribution in [1.82, 2.24) is 4.98 Å². The standard InChI is InChI=1S/C15H15NOS/c1-15(2,17)10-6-9-14-16-13(11-18-14)12-7-4-3-5-8-12/h3-5,7-8,11,17H,9H2,1-2H3. The number of aromatic nitrogens is 1. The molecule has 0 bridgehead atoms. The summed E-state index contributed by atoms with van der Waals surface area (Å²) in [6.07, 6.45) is 0.585. The molecule has 2 aromatic rings. The molecule has 0 fully saturated rings. The molecular weight excluding hydrogens is 242 g/mol. The van der Waals surface area contributed by atoms with E-state index in [1.54, 1.807) is 25.2 Å². The van der Waals surface area contributed by atoms with E-state index in [0.29, 0.717) is 6.42 Å². The Labute approximate surface area is 111 Å². The quantitative estimate of drug-likeness (QED) is 0.838. The van der Waals surface area contributed by atoms with Crippen LogP contribution >= 0.6 is 11.3 Å². The highest BCUT2D eigenvalue weighted by Gasteiger charge is 2.06. The lowest BCUT2D eigenvalue weighted by Gasteiger charge is -2.05. The zero-order valence-corrected chi connectivity index (χ0v) is 11.3. The van der Waals surface area contributed by atoms with Crippen LogP contribution in [0.15, 0.2) is 35.7 Å². The first-order valence-corrected chi connectivity index (χ1v) is 6.65. The Hall–Kier alpha value is -1.63. The normalized spacial score (nSPS) is 10.8. The fourth-order valence-corrected chi connectivity index (χ4v) is 2.21. The third kappa shape index (κ3) is 3.69. The van der Waals surface area contributed by atoms with Crippen molar-refractivity contribution in [2.24, 2.45) is 0 Å². The summed E-state index contributed by atoms with van der Waals surface area (Å²) in [4.78, 5) is 4.53. The van der Waals surface area contributed by atoms with E-state index < -0.39 is 5.60 Å². The number of thiazole rings is 1. The number of rotatable bonds is 2. The predicted molar refractivity (Wildman–Crippen MR) is 75.3 cm³/mol. The lowest BCUT2D eigenvalue weighted by Crippen LogP contribution is -2.14. The Morgan fingerprint density at radius 2 is 2.00 bits per heavy atom. The largest absolute Gasteiger partial charge is 0.378 e. The molecule has 0 saturated carbocycles. The van der Waals surface area contributed by atoms with E-state index in [1.807, 2.05) is 35.7 Å². The van der Waals surface area contributed by atoms with Gasteiger partial charge in [0.05, 0.1) is 12.1 Å². The van der Waals surface area contributed by atoms with Gasteiger partial charge < -0.3 is 5.11 Å². The van der Waals surface area contributed by atoms with E-state index in [9.17, 15) is 5.11 Å². The van der Waals surface area contributed by atoms with Crippen LogP contribution in [0.5, 0.6) is 0 Å². The number of hydrogen-bond acceptors (Lipinski definition) is 3. The molecule has 2 rings (SSSR count). The van der Waals surface area contributed by atoms with E-state index >= 15 is 0 Å². The smallest absolute Gasteiger partial charge is 0.119 e. The highest BCUT2D eigenvalue weighted by molar-refractivity contribution is 7.10. The second-order valence-electron chi connectivity index (χ2n) is 4.53. The molecule has 1 aromatic carbocycles. The zero-order chi connectivity index (χ0) is 13.0. The molecule has 1 N–H and O–H groups in total. The lowest BCUT2D eigenvalue weighted by molar-refractivity contribution is 0.143. The average molecular weight is 257 g/mol. The highest BCUT2D eigenvalue weighted by atomic mass is 32.1.